The molecule has 0 aliphatic rings. The number of rotatable bonds is 5. The number of aromatic nitrogens is 4. The van der Waals surface area contributed by atoms with Crippen LogP contribution in [-0.4, -0.2) is 25.5 Å². The molecule has 0 saturated carbocycles. The number of aryl methyl sites for hydroxylation is 4. The van der Waals surface area contributed by atoms with E-state index in [0.29, 0.717) is 13.0 Å². The first-order chi connectivity index (χ1) is 11.6. The van der Waals surface area contributed by atoms with Crippen LogP contribution in [0.1, 0.15) is 17.8 Å². The Kier molecular flexibility index (Phi) is 4.46. The van der Waals surface area contributed by atoms with Crippen molar-refractivity contribution in [2.24, 2.45) is 7.05 Å². The number of hydrogen-bond donors (Lipinski definition) is 1. The minimum absolute atomic E-state index is 0.0509. The molecular weight excluding hydrogens is 302 g/mol. The summed E-state index contributed by atoms with van der Waals surface area (Å²) in [5, 5.41) is 11.7. The van der Waals surface area contributed by atoms with Gasteiger partial charge in [0.1, 0.15) is 5.82 Å². The Morgan fingerprint density at radius 1 is 1.17 bits per heavy atom. The molecule has 3 rings (SSSR count). The number of nitrogens with zero attached hydrogens (tertiary/aromatic N) is 4. The Bertz CT molecular complexity index is 848. The number of benzene rings is 1. The second-order valence-electron chi connectivity index (χ2n) is 5.79. The highest BCUT2D eigenvalue weighted by Crippen LogP contribution is 2.30. The average molecular weight is 323 g/mol. The smallest absolute Gasteiger partial charge is 0.227 e. The maximum Gasteiger partial charge on any atom is 0.227 e. The Morgan fingerprint density at radius 3 is 2.58 bits per heavy atom. The van der Waals surface area contributed by atoms with Gasteiger partial charge in [-0.25, -0.2) is 0 Å². The molecule has 2 heterocycles. The molecule has 0 atom stereocenters. The first-order valence-electron chi connectivity index (χ1n) is 7.93. The summed E-state index contributed by atoms with van der Waals surface area (Å²) < 4.78 is 3.54. The van der Waals surface area contributed by atoms with Crippen molar-refractivity contribution in [3.8, 4) is 11.1 Å². The molecule has 1 N–H and O–H groups in total. The van der Waals surface area contributed by atoms with Gasteiger partial charge in [-0.05, 0) is 25.5 Å². The monoisotopic (exact) mass is 323 g/mol. The molecule has 0 unspecified atom stereocenters. The highest BCUT2D eigenvalue weighted by molar-refractivity contribution is 5.94. The van der Waals surface area contributed by atoms with Gasteiger partial charge in [0.25, 0.3) is 0 Å². The highest BCUT2D eigenvalue weighted by atomic mass is 16.1. The van der Waals surface area contributed by atoms with Crippen molar-refractivity contribution < 1.29 is 4.79 Å². The van der Waals surface area contributed by atoms with Gasteiger partial charge in [-0.15, -0.1) is 0 Å². The number of anilines is 1. The maximum absolute atomic E-state index is 12.4. The summed E-state index contributed by atoms with van der Waals surface area (Å²) in [5.41, 5.74) is 3.94. The third kappa shape index (κ3) is 3.22. The lowest BCUT2D eigenvalue weighted by Crippen LogP contribution is -2.17. The van der Waals surface area contributed by atoms with Crippen LogP contribution in [0.4, 0.5) is 5.82 Å². The summed E-state index contributed by atoms with van der Waals surface area (Å²) in [6.45, 7) is 4.48. The zero-order chi connectivity index (χ0) is 17.1. The largest absolute Gasteiger partial charge is 0.310 e. The molecule has 0 saturated heterocycles. The van der Waals surface area contributed by atoms with Crippen molar-refractivity contribution in [3.05, 3.63) is 54.0 Å². The summed E-state index contributed by atoms with van der Waals surface area (Å²) in [5.74, 6) is 0.672. The lowest BCUT2D eigenvalue weighted by molar-refractivity contribution is -0.116. The van der Waals surface area contributed by atoms with Crippen molar-refractivity contribution in [2.75, 3.05) is 5.32 Å². The van der Waals surface area contributed by atoms with Crippen LogP contribution < -0.4 is 5.32 Å². The number of nitrogens with one attached hydrogen (secondary N) is 1. The topological polar surface area (TPSA) is 64.7 Å². The minimum atomic E-state index is -0.0509. The zero-order valence-electron chi connectivity index (χ0n) is 14.2. The van der Waals surface area contributed by atoms with E-state index in [1.165, 1.54) is 0 Å². The van der Waals surface area contributed by atoms with Gasteiger partial charge in [0.15, 0.2) is 0 Å². The molecule has 0 radical (unpaired) electrons. The molecule has 0 fully saturated rings. The third-order valence-corrected chi connectivity index (χ3v) is 4.02. The van der Waals surface area contributed by atoms with Crippen LogP contribution in [0.5, 0.6) is 0 Å². The average Bonchev–Trinajstić information content (AvgIpc) is 3.09. The van der Waals surface area contributed by atoms with E-state index >= 15 is 0 Å². The van der Waals surface area contributed by atoms with Gasteiger partial charge >= 0.3 is 0 Å². The fraction of sp³-hybridized carbons (Fsp3) is 0.278. The first-order valence-corrected chi connectivity index (χ1v) is 7.93. The van der Waals surface area contributed by atoms with Gasteiger partial charge in [-0.1, -0.05) is 30.3 Å². The van der Waals surface area contributed by atoms with Crippen LogP contribution in [0, 0.1) is 13.8 Å². The summed E-state index contributed by atoms with van der Waals surface area (Å²) >= 11 is 0. The Hall–Kier alpha value is -2.89. The zero-order valence-corrected chi connectivity index (χ0v) is 14.2. The van der Waals surface area contributed by atoms with Gasteiger partial charge in [0.05, 0.1) is 5.69 Å². The molecule has 0 aliphatic carbocycles. The predicted octanol–water partition coefficient (Wildman–Crippen LogP) is 2.93. The molecule has 2 aromatic heterocycles. The quantitative estimate of drug-likeness (QED) is 0.785. The molecule has 1 amide bonds. The highest BCUT2D eigenvalue weighted by Gasteiger charge is 2.17. The lowest BCUT2D eigenvalue weighted by Gasteiger charge is -2.10. The van der Waals surface area contributed by atoms with E-state index in [1.807, 2.05) is 62.0 Å². The summed E-state index contributed by atoms with van der Waals surface area (Å²) in [6, 6.07) is 11.9. The van der Waals surface area contributed by atoms with Crippen molar-refractivity contribution >= 4 is 11.7 Å². The molecule has 0 spiro atoms. The SMILES string of the molecule is Cc1nn(C)c(NC(=O)CCn2nccc2C)c1-c1ccccc1. The van der Waals surface area contributed by atoms with Crippen molar-refractivity contribution in [2.45, 2.75) is 26.8 Å². The third-order valence-electron chi connectivity index (χ3n) is 4.02. The Labute approximate surface area is 141 Å². The summed E-state index contributed by atoms with van der Waals surface area (Å²) in [4.78, 5) is 12.4. The molecule has 0 bridgehead atoms. The van der Waals surface area contributed by atoms with E-state index < -0.39 is 0 Å². The van der Waals surface area contributed by atoms with Crippen molar-refractivity contribution in [3.63, 3.8) is 0 Å². The van der Waals surface area contributed by atoms with E-state index in [4.69, 9.17) is 0 Å². The minimum Gasteiger partial charge on any atom is -0.310 e. The van der Waals surface area contributed by atoms with E-state index in [2.05, 4.69) is 15.5 Å². The number of carbonyl (C=O) groups excluding carboxylic acids is 1. The van der Waals surface area contributed by atoms with E-state index in [1.54, 1.807) is 10.9 Å². The fourth-order valence-corrected chi connectivity index (χ4v) is 2.79. The molecule has 6 nitrogen and oxygen atoms in total. The second kappa shape index (κ2) is 6.70. The van der Waals surface area contributed by atoms with Crippen LogP contribution in [0.2, 0.25) is 0 Å². The van der Waals surface area contributed by atoms with Crippen LogP contribution >= 0.6 is 0 Å². The van der Waals surface area contributed by atoms with Crippen LogP contribution in [0.25, 0.3) is 11.1 Å². The number of hydrogen-bond acceptors (Lipinski definition) is 3. The standard InChI is InChI=1S/C18H21N5O/c1-13-9-11-19-23(13)12-10-16(24)20-18-17(14(2)21-22(18)3)15-7-5-4-6-8-15/h4-9,11H,10,12H2,1-3H3,(H,20,24). The van der Waals surface area contributed by atoms with Gasteiger partial charge in [-0.3, -0.25) is 14.2 Å². The predicted molar refractivity (Wildman–Crippen MR) is 93.6 cm³/mol. The Balaban J connectivity index is 1.77. The van der Waals surface area contributed by atoms with Crippen LogP contribution in [0.3, 0.4) is 0 Å². The molecule has 3 aromatic rings. The van der Waals surface area contributed by atoms with Crippen molar-refractivity contribution in [1.29, 1.82) is 0 Å². The number of amides is 1. The Morgan fingerprint density at radius 2 is 1.92 bits per heavy atom. The fourth-order valence-electron chi connectivity index (χ4n) is 2.79. The van der Waals surface area contributed by atoms with E-state index in [-0.39, 0.29) is 5.91 Å². The van der Waals surface area contributed by atoms with E-state index in [0.717, 1.165) is 28.3 Å². The van der Waals surface area contributed by atoms with Crippen LogP contribution in [-0.2, 0) is 18.4 Å². The second-order valence-corrected chi connectivity index (χ2v) is 5.79. The summed E-state index contributed by atoms with van der Waals surface area (Å²) in [7, 11) is 1.84. The molecule has 24 heavy (non-hydrogen) atoms. The van der Waals surface area contributed by atoms with Crippen LogP contribution in [0.15, 0.2) is 42.6 Å². The van der Waals surface area contributed by atoms with Gasteiger partial charge in [-0.2, -0.15) is 10.2 Å². The molecule has 6 heteroatoms. The molecule has 1 aromatic carbocycles. The van der Waals surface area contributed by atoms with E-state index in [9.17, 15) is 4.79 Å². The van der Waals surface area contributed by atoms with Crippen molar-refractivity contribution in [1.82, 2.24) is 19.6 Å². The molecular formula is C18H21N5O. The summed E-state index contributed by atoms with van der Waals surface area (Å²) in [6.07, 6.45) is 2.10. The lowest BCUT2D eigenvalue weighted by atomic mass is 10.1. The number of carbonyl (C=O) groups is 1. The molecule has 0 aliphatic heterocycles. The first kappa shape index (κ1) is 16.0. The molecule has 124 valence electrons. The maximum atomic E-state index is 12.4. The van der Waals surface area contributed by atoms with Gasteiger partial charge in [0.2, 0.25) is 5.91 Å². The normalized spacial score (nSPS) is 10.8. The van der Waals surface area contributed by atoms with Gasteiger partial charge < -0.3 is 5.32 Å². The van der Waals surface area contributed by atoms with Gasteiger partial charge in [0, 0.05) is 37.5 Å².